The molecule has 0 bridgehead atoms. The minimum atomic E-state index is 0.792. The SMILES string of the molecule is CCCCCCCCCc1ccc(C#Cc2ccc(-c3ccc(OC)cc3)cc2)cc1OCCCCCCCC. The van der Waals surface area contributed by atoms with Crippen molar-refractivity contribution < 1.29 is 9.47 Å². The van der Waals surface area contributed by atoms with Gasteiger partial charge in [0, 0.05) is 11.1 Å². The van der Waals surface area contributed by atoms with Crippen LogP contribution in [0.25, 0.3) is 11.1 Å². The van der Waals surface area contributed by atoms with Crippen LogP contribution in [-0.2, 0) is 6.42 Å². The average molecular weight is 539 g/mol. The molecule has 0 aliphatic carbocycles. The fourth-order valence-corrected chi connectivity index (χ4v) is 4.98. The number of unbranched alkanes of at least 4 members (excludes halogenated alkanes) is 11. The molecule has 2 nitrogen and oxygen atoms in total. The Morgan fingerprint density at radius 3 is 1.70 bits per heavy atom. The largest absolute Gasteiger partial charge is 0.497 e. The highest BCUT2D eigenvalue weighted by atomic mass is 16.5. The molecule has 3 aromatic rings. The van der Waals surface area contributed by atoms with Crippen molar-refractivity contribution in [2.45, 2.75) is 104 Å². The second-order valence-corrected chi connectivity index (χ2v) is 10.9. The molecule has 0 saturated heterocycles. The Balaban J connectivity index is 1.61. The molecule has 3 aromatic carbocycles. The fraction of sp³-hybridized carbons (Fsp3) is 0.474. The summed E-state index contributed by atoms with van der Waals surface area (Å²) >= 11 is 0. The van der Waals surface area contributed by atoms with Gasteiger partial charge in [0.1, 0.15) is 11.5 Å². The molecule has 0 radical (unpaired) electrons. The van der Waals surface area contributed by atoms with E-state index in [2.05, 4.69) is 80.3 Å². The van der Waals surface area contributed by atoms with Crippen LogP contribution in [0.4, 0.5) is 0 Å². The number of ether oxygens (including phenoxy) is 2. The summed E-state index contributed by atoms with van der Waals surface area (Å²) in [7, 11) is 1.69. The maximum atomic E-state index is 6.35. The molecule has 0 amide bonds. The Morgan fingerprint density at radius 1 is 0.550 bits per heavy atom. The molecule has 0 N–H and O–H groups in total. The van der Waals surface area contributed by atoms with Gasteiger partial charge in [-0.2, -0.15) is 0 Å². The van der Waals surface area contributed by atoms with Gasteiger partial charge in [-0.05, 0) is 72.4 Å². The second kappa shape index (κ2) is 19.0. The van der Waals surface area contributed by atoms with Crippen LogP contribution in [-0.4, -0.2) is 13.7 Å². The lowest BCUT2D eigenvalue weighted by atomic mass is 10.0. The molecule has 0 fully saturated rings. The maximum Gasteiger partial charge on any atom is 0.123 e. The van der Waals surface area contributed by atoms with Gasteiger partial charge in [-0.15, -0.1) is 0 Å². The first-order chi connectivity index (χ1) is 19.7. The summed E-state index contributed by atoms with van der Waals surface area (Å²) in [6.07, 6.45) is 18.0. The van der Waals surface area contributed by atoms with Gasteiger partial charge in [-0.25, -0.2) is 0 Å². The molecule has 40 heavy (non-hydrogen) atoms. The lowest BCUT2D eigenvalue weighted by Crippen LogP contribution is -2.01. The summed E-state index contributed by atoms with van der Waals surface area (Å²) in [6, 6.07) is 23.2. The van der Waals surface area contributed by atoms with E-state index in [1.165, 1.54) is 93.7 Å². The summed E-state index contributed by atoms with van der Waals surface area (Å²) < 4.78 is 11.6. The second-order valence-electron chi connectivity index (χ2n) is 10.9. The molecule has 0 unspecified atom stereocenters. The fourth-order valence-electron chi connectivity index (χ4n) is 4.98. The van der Waals surface area contributed by atoms with E-state index < -0.39 is 0 Å². The topological polar surface area (TPSA) is 18.5 Å². The van der Waals surface area contributed by atoms with Crippen molar-refractivity contribution in [3.63, 3.8) is 0 Å². The molecule has 0 heterocycles. The van der Waals surface area contributed by atoms with Gasteiger partial charge in [-0.3, -0.25) is 0 Å². The van der Waals surface area contributed by atoms with Crippen molar-refractivity contribution in [1.29, 1.82) is 0 Å². The minimum Gasteiger partial charge on any atom is -0.497 e. The molecule has 0 aliphatic heterocycles. The van der Waals surface area contributed by atoms with Gasteiger partial charge in [0.2, 0.25) is 0 Å². The van der Waals surface area contributed by atoms with Crippen LogP contribution in [0.5, 0.6) is 11.5 Å². The molecule has 0 aromatic heterocycles. The van der Waals surface area contributed by atoms with Crippen LogP contribution in [0.2, 0.25) is 0 Å². The number of methoxy groups -OCH3 is 1. The zero-order valence-corrected chi connectivity index (χ0v) is 25.3. The third-order valence-corrected chi connectivity index (χ3v) is 7.53. The molecule has 3 rings (SSSR count). The summed E-state index contributed by atoms with van der Waals surface area (Å²) in [6.45, 7) is 5.34. The standard InChI is InChI=1S/C38H50O2/c1-4-6-8-10-12-13-15-17-36-25-22-33(31-38(36)40-30-16-14-11-9-7-5-2)19-18-32-20-23-34(24-21-32)35-26-28-37(39-3)29-27-35/h20-29,31H,4-17,30H2,1-3H3. The van der Waals surface area contributed by atoms with Crippen molar-refractivity contribution in [2.24, 2.45) is 0 Å². The average Bonchev–Trinajstić information content (AvgIpc) is 3.00. The summed E-state index contributed by atoms with van der Waals surface area (Å²) in [4.78, 5) is 0. The van der Waals surface area contributed by atoms with Crippen LogP contribution < -0.4 is 9.47 Å². The van der Waals surface area contributed by atoms with E-state index >= 15 is 0 Å². The molecule has 0 aliphatic rings. The zero-order chi connectivity index (χ0) is 28.3. The molecule has 0 spiro atoms. The van der Waals surface area contributed by atoms with Crippen molar-refractivity contribution in [3.05, 3.63) is 83.4 Å². The minimum absolute atomic E-state index is 0.792. The van der Waals surface area contributed by atoms with Gasteiger partial charge in [0.15, 0.2) is 0 Å². The maximum absolute atomic E-state index is 6.35. The normalized spacial score (nSPS) is 10.7. The lowest BCUT2D eigenvalue weighted by Gasteiger charge is -2.12. The smallest absolute Gasteiger partial charge is 0.123 e. The zero-order valence-electron chi connectivity index (χ0n) is 25.3. The van der Waals surface area contributed by atoms with Gasteiger partial charge in [0.05, 0.1) is 13.7 Å². The van der Waals surface area contributed by atoms with Crippen LogP contribution >= 0.6 is 0 Å². The predicted octanol–water partition coefficient (Wildman–Crippen LogP) is 10.8. The van der Waals surface area contributed by atoms with Gasteiger partial charge in [-0.1, -0.05) is 127 Å². The number of rotatable bonds is 18. The Labute approximate surface area is 244 Å². The number of hydrogen-bond donors (Lipinski definition) is 0. The number of hydrogen-bond acceptors (Lipinski definition) is 2. The van der Waals surface area contributed by atoms with E-state index in [4.69, 9.17) is 9.47 Å². The molecule has 0 atom stereocenters. The van der Waals surface area contributed by atoms with E-state index in [-0.39, 0.29) is 0 Å². The summed E-state index contributed by atoms with van der Waals surface area (Å²) in [5.41, 5.74) is 5.70. The van der Waals surface area contributed by atoms with Crippen molar-refractivity contribution in [1.82, 2.24) is 0 Å². The Hall–Kier alpha value is -3.18. The van der Waals surface area contributed by atoms with Crippen molar-refractivity contribution in [2.75, 3.05) is 13.7 Å². The Morgan fingerprint density at radius 2 is 1.07 bits per heavy atom. The van der Waals surface area contributed by atoms with E-state index in [1.54, 1.807) is 7.11 Å². The van der Waals surface area contributed by atoms with Gasteiger partial charge >= 0.3 is 0 Å². The first-order valence-electron chi connectivity index (χ1n) is 15.8. The highest BCUT2D eigenvalue weighted by Gasteiger charge is 2.06. The summed E-state index contributed by atoms with van der Waals surface area (Å²) in [5.74, 6) is 8.63. The Bertz CT molecular complexity index is 1150. The molecular formula is C38H50O2. The number of aryl methyl sites for hydroxylation is 1. The van der Waals surface area contributed by atoms with Crippen LogP contribution in [0, 0.1) is 11.8 Å². The lowest BCUT2D eigenvalue weighted by molar-refractivity contribution is 0.301. The molecule has 2 heteroatoms. The quantitative estimate of drug-likeness (QED) is 0.118. The third kappa shape index (κ3) is 11.5. The highest BCUT2D eigenvalue weighted by Crippen LogP contribution is 2.25. The monoisotopic (exact) mass is 538 g/mol. The Kier molecular flexibility index (Phi) is 14.9. The van der Waals surface area contributed by atoms with E-state index in [1.807, 2.05) is 12.1 Å². The number of benzene rings is 3. The molecular weight excluding hydrogens is 488 g/mol. The first kappa shape index (κ1) is 31.3. The van der Waals surface area contributed by atoms with Crippen LogP contribution in [0.15, 0.2) is 66.7 Å². The van der Waals surface area contributed by atoms with Gasteiger partial charge < -0.3 is 9.47 Å². The molecule has 0 saturated carbocycles. The van der Waals surface area contributed by atoms with Crippen LogP contribution in [0.1, 0.15) is 114 Å². The third-order valence-electron chi connectivity index (χ3n) is 7.53. The summed E-state index contributed by atoms with van der Waals surface area (Å²) in [5, 5.41) is 0. The predicted molar refractivity (Wildman–Crippen MR) is 171 cm³/mol. The van der Waals surface area contributed by atoms with E-state index in [0.29, 0.717) is 0 Å². The van der Waals surface area contributed by atoms with E-state index in [9.17, 15) is 0 Å². The first-order valence-corrected chi connectivity index (χ1v) is 15.8. The van der Waals surface area contributed by atoms with Crippen molar-refractivity contribution in [3.8, 4) is 34.5 Å². The van der Waals surface area contributed by atoms with Crippen LogP contribution in [0.3, 0.4) is 0 Å². The van der Waals surface area contributed by atoms with E-state index in [0.717, 1.165) is 42.1 Å². The van der Waals surface area contributed by atoms with Crippen molar-refractivity contribution >= 4 is 0 Å². The molecule has 214 valence electrons. The van der Waals surface area contributed by atoms with Gasteiger partial charge in [0.25, 0.3) is 0 Å². The highest BCUT2D eigenvalue weighted by molar-refractivity contribution is 5.65.